The first kappa shape index (κ1) is 16.6. The van der Waals surface area contributed by atoms with Gasteiger partial charge in [0, 0.05) is 21.8 Å². The molecule has 0 amide bonds. The largest absolute Gasteiger partial charge is 0.363 e. The van der Waals surface area contributed by atoms with Gasteiger partial charge in [-0.3, -0.25) is 9.59 Å². The van der Waals surface area contributed by atoms with E-state index in [1.54, 1.807) is 48.5 Å². The summed E-state index contributed by atoms with van der Waals surface area (Å²) < 4.78 is 0. The Morgan fingerprint density at radius 3 is 1.85 bits per heavy atom. The lowest BCUT2D eigenvalue weighted by Gasteiger charge is -2.29. The number of ketones is 2. The molecule has 3 aromatic rings. The molecule has 128 valence electrons. The molecule has 0 unspecified atom stereocenters. The first-order valence-electron chi connectivity index (χ1n) is 8.32. The highest BCUT2D eigenvalue weighted by atomic mass is 35.5. The molecule has 1 aliphatic carbocycles. The quantitative estimate of drug-likeness (QED) is 0.665. The van der Waals surface area contributed by atoms with Crippen molar-refractivity contribution in [1.29, 1.82) is 0 Å². The smallest absolute Gasteiger partial charge is 0.201 e. The first-order valence-corrected chi connectivity index (χ1v) is 8.70. The summed E-state index contributed by atoms with van der Waals surface area (Å²) in [6.45, 7) is 1.99. The third-order valence-corrected chi connectivity index (χ3v) is 5.01. The minimum atomic E-state index is -1.48. The molecule has 3 nitrogen and oxygen atoms in total. The highest BCUT2D eigenvalue weighted by molar-refractivity contribution is 6.34. The van der Waals surface area contributed by atoms with Crippen molar-refractivity contribution in [3.05, 3.63) is 100 Å². The molecule has 0 aliphatic heterocycles. The van der Waals surface area contributed by atoms with Crippen LogP contribution in [0.1, 0.15) is 31.8 Å². The number of anilines is 1. The molecular formula is C22H16ClNO2. The fourth-order valence-corrected chi connectivity index (χ4v) is 3.51. The highest BCUT2D eigenvalue weighted by Gasteiger charge is 2.54. The van der Waals surface area contributed by atoms with E-state index in [0.29, 0.717) is 27.4 Å². The molecule has 0 radical (unpaired) electrons. The van der Waals surface area contributed by atoms with Crippen molar-refractivity contribution in [2.24, 2.45) is 0 Å². The first-order chi connectivity index (χ1) is 12.5. The van der Waals surface area contributed by atoms with Gasteiger partial charge in [0.25, 0.3) is 0 Å². The van der Waals surface area contributed by atoms with Gasteiger partial charge in [0.1, 0.15) is 0 Å². The SMILES string of the molecule is Cc1ccc(NC2(c3ccc(Cl)cc3)C(=O)c3ccccc3C2=O)cc1. The van der Waals surface area contributed by atoms with Gasteiger partial charge in [-0.25, -0.2) is 0 Å². The molecule has 0 saturated carbocycles. The van der Waals surface area contributed by atoms with Gasteiger partial charge < -0.3 is 5.32 Å². The number of aryl methyl sites for hydroxylation is 1. The van der Waals surface area contributed by atoms with E-state index in [9.17, 15) is 9.59 Å². The van der Waals surface area contributed by atoms with Crippen LogP contribution in [0, 0.1) is 6.92 Å². The van der Waals surface area contributed by atoms with E-state index in [0.717, 1.165) is 5.56 Å². The Hall–Kier alpha value is -2.91. The van der Waals surface area contributed by atoms with Crippen molar-refractivity contribution in [3.8, 4) is 0 Å². The van der Waals surface area contributed by atoms with Crippen LogP contribution in [0.25, 0.3) is 0 Å². The summed E-state index contributed by atoms with van der Waals surface area (Å²) in [5, 5.41) is 3.77. The second-order valence-electron chi connectivity index (χ2n) is 6.45. The Morgan fingerprint density at radius 1 is 0.769 bits per heavy atom. The van der Waals surface area contributed by atoms with Gasteiger partial charge in [0.05, 0.1) is 0 Å². The number of hydrogen-bond acceptors (Lipinski definition) is 3. The molecule has 0 heterocycles. The van der Waals surface area contributed by atoms with Gasteiger partial charge in [0.15, 0.2) is 5.54 Å². The van der Waals surface area contributed by atoms with E-state index >= 15 is 0 Å². The fourth-order valence-electron chi connectivity index (χ4n) is 3.39. The number of Topliss-reactive ketones (excluding diaryl/α,β-unsaturated/α-hetero) is 2. The van der Waals surface area contributed by atoms with Crippen LogP contribution in [-0.2, 0) is 5.54 Å². The number of carbonyl (C=O) groups excluding carboxylic acids is 2. The van der Waals surface area contributed by atoms with Gasteiger partial charge in [0.2, 0.25) is 11.6 Å². The van der Waals surface area contributed by atoms with Crippen LogP contribution < -0.4 is 5.32 Å². The molecular weight excluding hydrogens is 346 g/mol. The zero-order chi connectivity index (χ0) is 18.3. The number of benzene rings is 3. The van der Waals surface area contributed by atoms with E-state index in [-0.39, 0.29) is 11.6 Å². The van der Waals surface area contributed by atoms with Crippen LogP contribution >= 0.6 is 11.6 Å². The predicted octanol–water partition coefficient (Wildman–Crippen LogP) is 5.04. The monoisotopic (exact) mass is 361 g/mol. The van der Waals surface area contributed by atoms with Crippen LogP contribution in [0.15, 0.2) is 72.8 Å². The van der Waals surface area contributed by atoms with Crippen molar-refractivity contribution in [3.63, 3.8) is 0 Å². The van der Waals surface area contributed by atoms with E-state index in [1.807, 2.05) is 31.2 Å². The molecule has 0 aromatic heterocycles. The van der Waals surface area contributed by atoms with Crippen LogP contribution in [0.4, 0.5) is 5.69 Å². The van der Waals surface area contributed by atoms with Crippen molar-refractivity contribution in [1.82, 2.24) is 0 Å². The Bertz CT molecular complexity index is 972. The van der Waals surface area contributed by atoms with Crippen molar-refractivity contribution in [2.75, 3.05) is 5.32 Å². The molecule has 0 bridgehead atoms. The molecule has 3 aromatic carbocycles. The summed E-state index contributed by atoms with van der Waals surface area (Å²) >= 11 is 6.01. The van der Waals surface area contributed by atoms with Crippen molar-refractivity contribution in [2.45, 2.75) is 12.5 Å². The third kappa shape index (κ3) is 2.44. The Morgan fingerprint density at radius 2 is 1.31 bits per heavy atom. The number of fused-ring (bicyclic) bond motifs is 1. The predicted molar refractivity (Wildman–Crippen MR) is 103 cm³/mol. The minimum absolute atomic E-state index is 0.249. The summed E-state index contributed by atoms with van der Waals surface area (Å²) in [5.41, 5.74) is 1.78. The van der Waals surface area contributed by atoms with Gasteiger partial charge in [-0.15, -0.1) is 0 Å². The molecule has 0 fully saturated rings. The Kier molecular flexibility index (Phi) is 3.89. The molecule has 0 atom stereocenters. The van der Waals surface area contributed by atoms with Crippen molar-refractivity contribution < 1.29 is 9.59 Å². The number of carbonyl (C=O) groups is 2. The molecule has 0 spiro atoms. The zero-order valence-corrected chi connectivity index (χ0v) is 14.9. The second kappa shape index (κ2) is 6.11. The van der Waals surface area contributed by atoms with Crippen LogP contribution in [0.5, 0.6) is 0 Å². The number of halogens is 1. The summed E-state index contributed by atoms with van der Waals surface area (Å²) in [4.78, 5) is 26.7. The van der Waals surface area contributed by atoms with Gasteiger partial charge in [-0.2, -0.15) is 0 Å². The summed E-state index contributed by atoms with van der Waals surface area (Å²) in [7, 11) is 0. The Labute approximate surface area is 156 Å². The minimum Gasteiger partial charge on any atom is -0.363 e. The van der Waals surface area contributed by atoms with Gasteiger partial charge in [-0.1, -0.05) is 65.7 Å². The lowest BCUT2D eigenvalue weighted by molar-refractivity contribution is 0.0819. The number of hydrogen-bond donors (Lipinski definition) is 1. The van der Waals surface area contributed by atoms with Gasteiger partial charge >= 0.3 is 0 Å². The summed E-state index contributed by atoms with van der Waals surface area (Å²) in [6, 6.07) is 21.4. The number of rotatable bonds is 3. The molecule has 4 rings (SSSR count). The maximum Gasteiger partial charge on any atom is 0.201 e. The molecule has 1 aliphatic rings. The van der Waals surface area contributed by atoms with E-state index in [2.05, 4.69) is 5.32 Å². The van der Waals surface area contributed by atoms with Gasteiger partial charge in [-0.05, 0) is 36.8 Å². The lowest BCUT2D eigenvalue weighted by Crippen LogP contribution is -2.46. The molecule has 26 heavy (non-hydrogen) atoms. The molecule has 4 heteroatoms. The maximum absolute atomic E-state index is 13.4. The zero-order valence-electron chi connectivity index (χ0n) is 14.1. The van der Waals surface area contributed by atoms with Crippen LogP contribution in [0.2, 0.25) is 5.02 Å². The lowest BCUT2D eigenvalue weighted by atomic mass is 9.84. The number of nitrogens with one attached hydrogen (secondary N) is 1. The second-order valence-corrected chi connectivity index (χ2v) is 6.89. The maximum atomic E-state index is 13.4. The normalized spacial score (nSPS) is 15.0. The average Bonchev–Trinajstić information content (AvgIpc) is 2.87. The third-order valence-electron chi connectivity index (χ3n) is 4.76. The van der Waals surface area contributed by atoms with Crippen molar-refractivity contribution >= 4 is 28.9 Å². The van der Waals surface area contributed by atoms with E-state index < -0.39 is 5.54 Å². The van der Waals surface area contributed by atoms with Crippen LogP contribution in [0.3, 0.4) is 0 Å². The topological polar surface area (TPSA) is 46.2 Å². The molecule has 0 saturated heterocycles. The Balaban J connectivity index is 1.91. The average molecular weight is 362 g/mol. The van der Waals surface area contributed by atoms with E-state index in [1.165, 1.54) is 0 Å². The highest BCUT2D eigenvalue weighted by Crippen LogP contribution is 2.40. The van der Waals surface area contributed by atoms with E-state index in [4.69, 9.17) is 11.6 Å². The summed E-state index contributed by atoms with van der Waals surface area (Å²) in [5.74, 6) is -0.498. The fraction of sp³-hybridized carbons (Fsp3) is 0.0909. The summed E-state index contributed by atoms with van der Waals surface area (Å²) in [6.07, 6.45) is 0. The molecule has 1 N–H and O–H groups in total. The van der Waals surface area contributed by atoms with Crippen LogP contribution in [-0.4, -0.2) is 11.6 Å². The standard InChI is InChI=1S/C22H16ClNO2/c1-14-6-12-17(13-7-14)24-22(15-8-10-16(23)11-9-15)20(25)18-4-2-3-5-19(18)21(22)26/h2-13,24H,1H3.